The molecule has 9 heteroatoms. The summed E-state index contributed by atoms with van der Waals surface area (Å²) in [6.07, 6.45) is -0.639. The minimum absolute atomic E-state index is 0.0577. The van der Waals surface area contributed by atoms with Gasteiger partial charge in [0.05, 0.1) is 5.56 Å². The lowest BCUT2D eigenvalue weighted by Gasteiger charge is -2.21. The Morgan fingerprint density at radius 1 is 1.45 bits per heavy atom. The minimum Gasteiger partial charge on any atom is -0.399 e. The lowest BCUT2D eigenvalue weighted by atomic mass is 10.1. The summed E-state index contributed by atoms with van der Waals surface area (Å²) in [6.45, 7) is 0. The van der Waals surface area contributed by atoms with E-state index in [-0.39, 0.29) is 29.4 Å². The van der Waals surface area contributed by atoms with Gasteiger partial charge in [-0.2, -0.15) is 0 Å². The number of carbonyl (C=O) groups is 4. The highest BCUT2D eigenvalue weighted by Gasteiger charge is 2.29. The maximum Gasteiger partial charge on any atom is 0.410 e. The van der Waals surface area contributed by atoms with Gasteiger partial charge in [-0.3, -0.25) is 19.7 Å². The molecule has 8 nitrogen and oxygen atoms in total. The van der Waals surface area contributed by atoms with Crippen molar-refractivity contribution in [1.29, 1.82) is 0 Å². The van der Waals surface area contributed by atoms with Crippen LogP contribution in [0.5, 0.6) is 5.06 Å². The molecule has 4 amide bonds. The molecule has 2 heterocycles. The van der Waals surface area contributed by atoms with Crippen molar-refractivity contribution < 1.29 is 23.9 Å². The second-order valence-corrected chi connectivity index (χ2v) is 4.90. The van der Waals surface area contributed by atoms with E-state index in [1.165, 1.54) is 6.07 Å². The fraction of sp³-hybridized carbons (Fsp3) is 0.273. The lowest BCUT2D eigenvalue weighted by molar-refractivity contribution is -0.134. The van der Waals surface area contributed by atoms with Gasteiger partial charge in [-0.1, -0.05) is 0 Å². The standard InChI is InChI=1S/C11H11N3O5S/c12-11(18)19-10-5(3-4-20-10)8(16)13-6-1-2-7(15)14-9(6)17/h3-4,6H,1-2H2,(H2,12,18)(H,13,16)(H,14,15,17). The molecule has 1 unspecified atom stereocenters. The monoisotopic (exact) mass is 297 g/mol. The summed E-state index contributed by atoms with van der Waals surface area (Å²) < 4.78 is 4.68. The SMILES string of the molecule is NC(=O)Oc1sccc1C(=O)NC1CCC(=O)NC1=O. The Hall–Kier alpha value is -2.42. The van der Waals surface area contributed by atoms with Crippen molar-refractivity contribution in [3.8, 4) is 5.06 Å². The molecule has 0 aliphatic carbocycles. The van der Waals surface area contributed by atoms with Crippen LogP contribution in [0.1, 0.15) is 23.2 Å². The van der Waals surface area contributed by atoms with Crippen LogP contribution in [-0.4, -0.2) is 29.9 Å². The molecule has 1 aromatic rings. The zero-order valence-electron chi connectivity index (χ0n) is 10.2. The molecule has 1 saturated heterocycles. The predicted octanol–water partition coefficient (Wildman–Crippen LogP) is -0.259. The van der Waals surface area contributed by atoms with E-state index in [0.717, 1.165) is 11.3 Å². The van der Waals surface area contributed by atoms with Crippen LogP contribution in [0.15, 0.2) is 11.4 Å². The van der Waals surface area contributed by atoms with Gasteiger partial charge in [-0.15, -0.1) is 11.3 Å². The van der Waals surface area contributed by atoms with Gasteiger partial charge in [0.15, 0.2) is 5.06 Å². The molecule has 106 valence electrons. The van der Waals surface area contributed by atoms with Gasteiger partial charge in [0.25, 0.3) is 5.91 Å². The number of primary amides is 1. The normalized spacial score (nSPS) is 18.3. The van der Waals surface area contributed by atoms with E-state index < -0.39 is 23.9 Å². The molecule has 0 saturated carbocycles. The van der Waals surface area contributed by atoms with Gasteiger partial charge in [0, 0.05) is 6.42 Å². The van der Waals surface area contributed by atoms with E-state index in [9.17, 15) is 19.2 Å². The highest BCUT2D eigenvalue weighted by Crippen LogP contribution is 2.26. The third-order valence-corrected chi connectivity index (χ3v) is 3.40. The molecule has 0 radical (unpaired) electrons. The quantitative estimate of drug-likeness (QED) is 0.662. The van der Waals surface area contributed by atoms with E-state index in [1.807, 2.05) is 0 Å². The van der Waals surface area contributed by atoms with Crippen LogP contribution in [0, 0.1) is 0 Å². The third-order valence-electron chi connectivity index (χ3n) is 2.61. The van der Waals surface area contributed by atoms with Gasteiger partial charge < -0.3 is 15.8 Å². The molecule has 1 fully saturated rings. The van der Waals surface area contributed by atoms with Crippen molar-refractivity contribution in [2.75, 3.05) is 0 Å². The second kappa shape index (κ2) is 5.70. The molecule has 1 aliphatic heterocycles. The van der Waals surface area contributed by atoms with Crippen LogP contribution in [-0.2, 0) is 9.59 Å². The molecule has 20 heavy (non-hydrogen) atoms. The largest absolute Gasteiger partial charge is 0.410 e. The van der Waals surface area contributed by atoms with E-state index in [1.54, 1.807) is 5.38 Å². The number of rotatable bonds is 3. The molecule has 0 bridgehead atoms. The maximum atomic E-state index is 12.0. The molecule has 0 spiro atoms. The van der Waals surface area contributed by atoms with Crippen LogP contribution in [0.4, 0.5) is 4.79 Å². The van der Waals surface area contributed by atoms with Crippen LogP contribution in [0.3, 0.4) is 0 Å². The highest BCUT2D eigenvalue weighted by atomic mass is 32.1. The lowest BCUT2D eigenvalue weighted by Crippen LogP contribution is -2.52. The number of amides is 4. The van der Waals surface area contributed by atoms with Gasteiger partial charge in [0.2, 0.25) is 11.8 Å². The number of hydrogen-bond donors (Lipinski definition) is 3. The van der Waals surface area contributed by atoms with E-state index in [0.29, 0.717) is 0 Å². The number of imide groups is 1. The second-order valence-electron chi connectivity index (χ2n) is 4.02. The molecule has 4 N–H and O–H groups in total. The summed E-state index contributed by atoms with van der Waals surface area (Å²) in [7, 11) is 0. The number of carbonyl (C=O) groups excluding carboxylic acids is 4. The zero-order chi connectivity index (χ0) is 14.7. The summed E-state index contributed by atoms with van der Waals surface area (Å²) in [5.41, 5.74) is 5.00. The number of hydrogen-bond acceptors (Lipinski definition) is 6. The molecular formula is C11H11N3O5S. The number of nitrogens with one attached hydrogen (secondary N) is 2. The first-order valence-corrected chi connectivity index (χ1v) is 6.54. The Bertz CT molecular complexity index is 582. The number of nitrogens with two attached hydrogens (primary N) is 1. The van der Waals surface area contributed by atoms with Gasteiger partial charge in [-0.25, -0.2) is 4.79 Å². The zero-order valence-corrected chi connectivity index (χ0v) is 11.0. The summed E-state index contributed by atoms with van der Waals surface area (Å²) in [5, 5.41) is 6.22. The van der Waals surface area contributed by atoms with Crippen LogP contribution in [0.25, 0.3) is 0 Å². The Morgan fingerprint density at radius 2 is 2.20 bits per heavy atom. The molecular weight excluding hydrogens is 286 g/mol. The first kappa shape index (κ1) is 14.0. The fourth-order valence-corrected chi connectivity index (χ4v) is 2.45. The number of piperidine rings is 1. The Morgan fingerprint density at radius 3 is 2.85 bits per heavy atom. The first-order valence-electron chi connectivity index (χ1n) is 5.66. The Kier molecular flexibility index (Phi) is 3.99. The van der Waals surface area contributed by atoms with E-state index in [4.69, 9.17) is 5.73 Å². The number of thiophene rings is 1. The average molecular weight is 297 g/mol. The van der Waals surface area contributed by atoms with Crippen molar-refractivity contribution in [1.82, 2.24) is 10.6 Å². The summed E-state index contributed by atoms with van der Waals surface area (Å²) >= 11 is 1.03. The fourth-order valence-electron chi connectivity index (χ4n) is 1.70. The topological polar surface area (TPSA) is 128 Å². The minimum atomic E-state index is -1.03. The van der Waals surface area contributed by atoms with Crippen molar-refractivity contribution >= 4 is 35.2 Å². The van der Waals surface area contributed by atoms with Gasteiger partial charge in [-0.05, 0) is 17.9 Å². The third kappa shape index (κ3) is 3.12. The van der Waals surface area contributed by atoms with E-state index in [2.05, 4.69) is 15.4 Å². The van der Waals surface area contributed by atoms with Crippen LogP contribution in [0.2, 0.25) is 0 Å². The molecule has 1 aliphatic rings. The summed E-state index contributed by atoms with van der Waals surface area (Å²) in [4.78, 5) is 45.2. The Labute approximate surface area is 117 Å². The maximum absolute atomic E-state index is 12.0. The van der Waals surface area contributed by atoms with Crippen molar-refractivity contribution in [3.05, 3.63) is 17.0 Å². The molecule has 1 aromatic heterocycles. The Balaban J connectivity index is 2.05. The van der Waals surface area contributed by atoms with Gasteiger partial charge in [0.1, 0.15) is 6.04 Å². The molecule has 2 rings (SSSR count). The summed E-state index contributed by atoms with van der Waals surface area (Å²) in [6, 6.07) is 0.658. The van der Waals surface area contributed by atoms with Gasteiger partial charge >= 0.3 is 6.09 Å². The van der Waals surface area contributed by atoms with Crippen molar-refractivity contribution in [3.63, 3.8) is 0 Å². The smallest absolute Gasteiger partial charge is 0.399 e. The number of ether oxygens (including phenoxy) is 1. The van der Waals surface area contributed by atoms with Crippen molar-refractivity contribution in [2.45, 2.75) is 18.9 Å². The first-order chi connectivity index (χ1) is 9.47. The van der Waals surface area contributed by atoms with E-state index >= 15 is 0 Å². The van der Waals surface area contributed by atoms with Crippen LogP contribution < -0.4 is 21.1 Å². The average Bonchev–Trinajstić information content (AvgIpc) is 2.80. The highest BCUT2D eigenvalue weighted by molar-refractivity contribution is 7.12. The predicted molar refractivity (Wildman–Crippen MR) is 68.2 cm³/mol. The molecule has 0 aromatic carbocycles. The van der Waals surface area contributed by atoms with Crippen molar-refractivity contribution in [2.24, 2.45) is 5.73 Å². The molecule has 1 atom stereocenters. The van der Waals surface area contributed by atoms with Crippen LogP contribution >= 0.6 is 11.3 Å². The summed E-state index contributed by atoms with van der Waals surface area (Å²) in [5.74, 6) is -1.49.